The fourth-order valence-corrected chi connectivity index (χ4v) is 1.83. The van der Waals surface area contributed by atoms with E-state index in [2.05, 4.69) is 10.6 Å². The first-order valence-corrected chi connectivity index (χ1v) is 6.06. The summed E-state index contributed by atoms with van der Waals surface area (Å²) in [6.45, 7) is 4.82. The Morgan fingerprint density at radius 3 is 2.26 bits per heavy atom. The van der Waals surface area contributed by atoms with Gasteiger partial charge in [-0.3, -0.25) is 10.1 Å². The van der Waals surface area contributed by atoms with Gasteiger partial charge in [-0.25, -0.2) is 0 Å². The number of rotatable bonds is 6. The van der Waals surface area contributed by atoms with Crippen LogP contribution < -0.4 is 10.6 Å². The van der Waals surface area contributed by atoms with Crippen molar-refractivity contribution >= 4 is 17.1 Å². The third-order valence-electron chi connectivity index (χ3n) is 2.55. The minimum absolute atomic E-state index is 0.179. The van der Waals surface area contributed by atoms with Gasteiger partial charge in [0.1, 0.15) is 23.8 Å². The van der Waals surface area contributed by atoms with Gasteiger partial charge in [-0.15, -0.1) is 0 Å². The highest BCUT2D eigenvalue weighted by molar-refractivity contribution is 5.79. The summed E-state index contributed by atoms with van der Waals surface area (Å²) in [5.41, 5.74) is 1.03. The first kappa shape index (κ1) is 15.2. The van der Waals surface area contributed by atoms with Crippen LogP contribution in [-0.4, -0.2) is 27.6 Å². The van der Waals surface area contributed by atoms with Gasteiger partial charge < -0.3 is 20.8 Å². The molecule has 0 aromatic heterocycles. The van der Waals surface area contributed by atoms with Crippen LogP contribution in [0.1, 0.15) is 26.3 Å². The molecule has 0 fully saturated rings. The van der Waals surface area contributed by atoms with Gasteiger partial charge in [0.2, 0.25) is 0 Å². The molecule has 2 unspecified atom stereocenters. The highest BCUT2D eigenvalue weighted by atomic mass is 16.6. The molecule has 4 N–H and O–H groups in total. The number of nitro groups is 1. The van der Waals surface area contributed by atoms with Crippen LogP contribution in [0.25, 0.3) is 0 Å². The molecule has 0 radical (unpaired) electrons. The average molecular weight is 269 g/mol. The number of hydrogen-bond donors (Lipinski definition) is 4. The molecule has 0 saturated carbocycles. The standard InChI is InChI=1S/C12H19N3O4/c1-4-9-5-6-10(13-7(2)16)12(15(18)19)11(9)14-8(3)17/h5-8,13-14,16-17H,4H2,1-3H3. The first-order valence-electron chi connectivity index (χ1n) is 6.06. The van der Waals surface area contributed by atoms with Gasteiger partial charge in [-0.05, 0) is 31.9 Å². The predicted molar refractivity (Wildman–Crippen MR) is 73.1 cm³/mol. The molecule has 1 rings (SSSR count). The van der Waals surface area contributed by atoms with E-state index in [1.807, 2.05) is 6.92 Å². The number of hydrogen-bond acceptors (Lipinski definition) is 6. The van der Waals surface area contributed by atoms with Crippen molar-refractivity contribution in [3.63, 3.8) is 0 Å². The molecule has 0 bridgehead atoms. The Labute approximate surface area is 111 Å². The zero-order chi connectivity index (χ0) is 14.6. The second kappa shape index (κ2) is 6.35. The molecule has 0 spiro atoms. The molecular weight excluding hydrogens is 250 g/mol. The molecule has 0 heterocycles. The van der Waals surface area contributed by atoms with Gasteiger partial charge in [0.05, 0.1) is 4.92 Å². The Hall–Kier alpha value is -1.86. The maximum Gasteiger partial charge on any atom is 0.315 e. The Balaban J connectivity index is 3.39. The van der Waals surface area contributed by atoms with Crippen LogP contribution in [0.5, 0.6) is 0 Å². The summed E-state index contributed by atoms with van der Waals surface area (Å²) >= 11 is 0. The molecular formula is C12H19N3O4. The largest absolute Gasteiger partial charge is 0.374 e. The highest BCUT2D eigenvalue weighted by Gasteiger charge is 2.24. The van der Waals surface area contributed by atoms with Crippen molar-refractivity contribution < 1.29 is 15.1 Å². The third-order valence-corrected chi connectivity index (χ3v) is 2.55. The van der Waals surface area contributed by atoms with Crippen molar-refractivity contribution in [2.45, 2.75) is 39.6 Å². The Bertz CT molecular complexity index is 461. The van der Waals surface area contributed by atoms with Gasteiger partial charge in [-0.1, -0.05) is 13.0 Å². The molecule has 0 aliphatic rings. The number of nitrogens with zero attached hydrogens (tertiary/aromatic N) is 1. The lowest BCUT2D eigenvalue weighted by molar-refractivity contribution is -0.383. The molecule has 0 saturated heterocycles. The fraction of sp³-hybridized carbons (Fsp3) is 0.500. The number of nitrogens with one attached hydrogen (secondary N) is 2. The highest BCUT2D eigenvalue weighted by Crippen LogP contribution is 2.36. The topological polar surface area (TPSA) is 108 Å². The zero-order valence-corrected chi connectivity index (χ0v) is 11.2. The quantitative estimate of drug-likeness (QED) is 0.355. The van der Waals surface area contributed by atoms with Crippen LogP contribution in [0.2, 0.25) is 0 Å². The van der Waals surface area contributed by atoms with Gasteiger partial charge in [-0.2, -0.15) is 0 Å². The van der Waals surface area contributed by atoms with Crippen LogP contribution in [0.15, 0.2) is 12.1 Å². The second-order valence-corrected chi connectivity index (χ2v) is 4.25. The number of aliphatic hydroxyl groups excluding tert-OH is 2. The van der Waals surface area contributed by atoms with Crippen LogP contribution in [0.4, 0.5) is 17.1 Å². The summed E-state index contributed by atoms with van der Waals surface area (Å²) < 4.78 is 0. The molecule has 7 nitrogen and oxygen atoms in total. The van der Waals surface area contributed by atoms with Crippen molar-refractivity contribution in [2.75, 3.05) is 10.6 Å². The molecule has 19 heavy (non-hydrogen) atoms. The van der Waals surface area contributed by atoms with Crippen molar-refractivity contribution in [2.24, 2.45) is 0 Å². The van der Waals surface area contributed by atoms with Crippen molar-refractivity contribution in [3.05, 3.63) is 27.8 Å². The minimum Gasteiger partial charge on any atom is -0.374 e. The van der Waals surface area contributed by atoms with Crippen LogP contribution >= 0.6 is 0 Å². The fourth-order valence-electron chi connectivity index (χ4n) is 1.83. The SMILES string of the molecule is CCc1ccc(NC(C)O)c([N+](=O)[O-])c1NC(C)O. The first-order chi connectivity index (χ1) is 8.86. The Morgan fingerprint density at radius 2 is 1.84 bits per heavy atom. The Morgan fingerprint density at radius 1 is 1.26 bits per heavy atom. The van der Waals surface area contributed by atoms with Crippen molar-refractivity contribution in [1.29, 1.82) is 0 Å². The number of anilines is 2. The molecule has 0 amide bonds. The number of nitro benzene ring substituents is 1. The molecule has 0 aliphatic carbocycles. The van der Waals surface area contributed by atoms with Crippen molar-refractivity contribution in [1.82, 2.24) is 0 Å². The van der Waals surface area contributed by atoms with Crippen LogP contribution in [-0.2, 0) is 6.42 Å². The van der Waals surface area contributed by atoms with E-state index in [4.69, 9.17) is 0 Å². The van der Waals surface area contributed by atoms with E-state index < -0.39 is 17.4 Å². The minimum atomic E-state index is -0.912. The summed E-state index contributed by atoms with van der Waals surface area (Å²) in [6, 6.07) is 3.28. The number of aryl methyl sites for hydroxylation is 1. The maximum absolute atomic E-state index is 11.2. The zero-order valence-electron chi connectivity index (χ0n) is 11.2. The van der Waals surface area contributed by atoms with E-state index in [9.17, 15) is 20.3 Å². The summed E-state index contributed by atoms with van der Waals surface area (Å²) in [5, 5.41) is 35.2. The summed E-state index contributed by atoms with van der Waals surface area (Å²) in [5.74, 6) is 0. The normalized spacial score (nSPS) is 13.7. The van der Waals surface area contributed by atoms with E-state index in [0.717, 1.165) is 5.56 Å². The number of aliphatic hydroxyl groups is 2. The van der Waals surface area contributed by atoms with Gasteiger partial charge in [0.25, 0.3) is 0 Å². The number of benzene rings is 1. The lowest BCUT2D eigenvalue weighted by Gasteiger charge is -2.17. The van der Waals surface area contributed by atoms with Gasteiger partial charge in [0.15, 0.2) is 0 Å². The van der Waals surface area contributed by atoms with Gasteiger partial charge in [0, 0.05) is 0 Å². The lowest BCUT2D eigenvalue weighted by Crippen LogP contribution is -2.19. The molecule has 1 aromatic carbocycles. The van der Waals surface area contributed by atoms with E-state index in [0.29, 0.717) is 6.42 Å². The molecule has 2 atom stereocenters. The van der Waals surface area contributed by atoms with Crippen LogP contribution in [0.3, 0.4) is 0 Å². The van der Waals surface area contributed by atoms with Crippen LogP contribution in [0, 0.1) is 10.1 Å². The average Bonchev–Trinajstić information content (AvgIpc) is 2.27. The smallest absolute Gasteiger partial charge is 0.315 e. The monoisotopic (exact) mass is 269 g/mol. The summed E-state index contributed by atoms with van der Waals surface area (Å²) in [7, 11) is 0. The molecule has 106 valence electrons. The van der Waals surface area contributed by atoms with Crippen molar-refractivity contribution in [3.8, 4) is 0 Å². The van der Waals surface area contributed by atoms with Gasteiger partial charge >= 0.3 is 5.69 Å². The second-order valence-electron chi connectivity index (χ2n) is 4.25. The van der Waals surface area contributed by atoms with E-state index in [1.165, 1.54) is 13.8 Å². The molecule has 1 aromatic rings. The van der Waals surface area contributed by atoms with E-state index >= 15 is 0 Å². The molecule has 7 heteroatoms. The van der Waals surface area contributed by atoms with E-state index in [-0.39, 0.29) is 17.1 Å². The summed E-state index contributed by atoms with van der Waals surface area (Å²) in [4.78, 5) is 10.7. The third kappa shape index (κ3) is 3.80. The molecule has 0 aliphatic heterocycles. The summed E-state index contributed by atoms with van der Waals surface area (Å²) in [6.07, 6.45) is -1.23. The maximum atomic E-state index is 11.2. The lowest BCUT2D eigenvalue weighted by atomic mass is 10.1. The Kier molecular flexibility index (Phi) is 5.08. The predicted octanol–water partition coefficient (Wildman–Crippen LogP) is 1.66. The van der Waals surface area contributed by atoms with E-state index in [1.54, 1.807) is 12.1 Å².